The molecule has 0 spiro atoms. The first kappa shape index (κ1) is 10.4. The lowest BCUT2D eigenvalue weighted by atomic mass is 10.0. The lowest BCUT2D eigenvalue weighted by Gasteiger charge is -2.11. The number of aliphatic hydroxyl groups is 1. The molecule has 0 saturated heterocycles. The molecule has 4 nitrogen and oxygen atoms in total. The van der Waals surface area contributed by atoms with Crippen molar-refractivity contribution in [3.05, 3.63) is 47.0 Å². The van der Waals surface area contributed by atoms with Crippen molar-refractivity contribution in [1.29, 1.82) is 0 Å². The summed E-state index contributed by atoms with van der Waals surface area (Å²) in [5.74, 6) is -4.16. The molecule has 0 radical (unpaired) electrons. The number of ketones is 1. The van der Waals surface area contributed by atoms with Gasteiger partial charge in [-0.2, -0.15) is 0 Å². The summed E-state index contributed by atoms with van der Waals surface area (Å²) in [6.45, 7) is 0. The second-order valence-corrected chi connectivity index (χ2v) is 3.21. The van der Waals surface area contributed by atoms with E-state index in [0.29, 0.717) is 0 Å². The highest BCUT2D eigenvalue weighted by atomic mass is 19.1. The van der Waals surface area contributed by atoms with Crippen molar-refractivity contribution in [3.63, 3.8) is 0 Å². The molecule has 0 aromatic heterocycles. The molecule has 84 valence electrons. The summed E-state index contributed by atoms with van der Waals surface area (Å²) in [6, 6.07) is 3.13. The van der Waals surface area contributed by atoms with Crippen LogP contribution in [0.2, 0.25) is 0 Å². The maximum Gasteiger partial charge on any atom is 0.248 e. The van der Waals surface area contributed by atoms with E-state index in [1.54, 1.807) is 0 Å². The van der Waals surface area contributed by atoms with E-state index in [1.807, 2.05) is 0 Å². The van der Waals surface area contributed by atoms with Gasteiger partial charge in [-0.15, -0.1) is 0 Å². The summed E-state index contributed by atoms with van der Waals surface area (Å²) in [4.78, 5) is 11.4. The Morgan fingerprint density at radius 2 is 1.88 bits per heavy atom. The van der Waals surface area contributed by atoms with Gasteiger partial charge < -0.3 is 15.6 Å². The van der Waals surface area contributed by atoms with E-state index in [-0.39, 0.29) is 0 Å². The Bertz CT molecular complexity index is 479. The minimum absolute atomic E-state index is 0.530. The second kappa shape index (κ2) is 3.48. The average Bonchev–Trinajstić information content (AvgIpc) is 2.47. The monoisotopic (exact) mass is 227 g/mol. The van der Waals surface area contributed by atoms with Crippen molar-refractivity contribution in [1.82, 2.24) is 0 Å². The van der Waals surface area contributed by atoms with Crippen molar-refractivity contribution < 1.29 is 23.4 Å². The summed E-state index contributed by atoms with van der Waals surface area (Å²) in [5.41, 5.74) is 4.58. The minimum atomic E-state index is -1.55. The van der Waals surface area contributed by atoms with Crippen molar-refractivity contribution in [2.45, 2.75) is 6.10 Å². The van der Waals surface area contributed by atoms with E-state index in [2.05, 4.69) is 0 Å². The van der Waals surface area contributed by atoms with Gasteiger partial charge in [0.1, 0.15) is 11.6 Å². The Hall–Kier alpha value is -2.11. The highest BCUT2D eigenvalue weighted by molar-refractivity contribution is 5.99. The molecule has 0 bridgehead atoms. The number of ether oxygens (including phenoxy) is 1. The molecule has 0 saturated carbocycles. The molecular formula is C10H7F2NO3. The summed E-state index contributed by atoms with van der Waals surface area (Å²) < 4.78 is 31.3. The van der Waals surface area contributed by atoms with Gasteiger partial charge in [-0.3, -0.25) is 4.79 Å². The molecule has 1 aromatic carbocycles. The predicted octanol–water partition coefficient (Wildman–Crippen LogP) is 1.29. The van der Waals surface area contributed by atoms with Gasteiger partial charge in [0, 0.05) is 0 Å². The van der Waals surface area contributed by atoms with Gasteiger partial charge in [0.15, 0.2) is 6.10 Å². The lowest BCUT2D eigenvalue weighted by molar-refractivity contribution is -0.123. The molecule has 1 atom stereocenters. The van der Waals surface area contributed by atoms with Gasteiger partial charge >= 0.3 is 0 Å². The third kappa shape index (κ3) is 1.39. The van der Waals surface area contributed by atoms with Crippen LogP contribution in [0, 0.1) is 11.6 Å². The zero-order chi connectivity index (χ0) is 11.9. The Morgan fingerprint density at radius 1 is 1.31 bits per heavy atom. The first-order valence-corrected chi connectivity index (χ1v) is 4.36. The first-order chi connectivity index (χ1) is 7.52. The number of carbonyl (C=O) groups is 1. The molecule has 3 N–H and O–H groups in total. The van der Waals surface area contributed by atoms with Crippen LogP contribution in [0.15, 0.2) is 29.8 Å². The Balaban J connectivity index is 2.46. The Labute approximate surface area is 88.9 Å². The van der Waals surface area contributed by atoms with Crippen molar-refractivity contribution in [2.24, 2.45) is 5.73 Å². The van der Waals surface area contributed by atoms with Crippen molar-refractivity contribution >= 4 is 5.78 Å². The fourth-order valence-corrected chi connectivity index (χ4v) is 1.43. The van der Waals surface area contributed by atoms with Crippen LogP contribution in [-0.4, -0.2) is 10.9 Å². The molecule has 6 heteroatoms. The third-order valence-electron chi connectivity index (χ3n) is 2.21. The van der Waals surface area contributed by atoms with Crippen LogP contribution in [0.3, 0.4) is 0 Å². The Kier molecular flexibility index (Phi) is 2.26. The van der Waals surface area contributed by atoms with Gasteiger partial charge in [-0.05, 0) is 12.1 Å². The van der Waals surface area contributed by atoms with E-state index in [9.17, 15) is 13.6 Å². The van der Waals surface area contributed by atoms with Gasteiger partial charge in [0.25, 0.3) is 0 Å². The molecule has 0 aliphatic carbocycles. The number of Topliss-reactive ketones (excluding diaryl/α,β-unsaturated/α-hetero) is 1. The van der Waals surface area contributed by atoms with Crippen LogP contribution in [0.5, 0.6) is 0 Å². The van der Waals surface area contributed by atoms with Crippen LogP contribution in [0.1, 0.15) is 11.7 Å². The molecule has 1 unspecified atom stereocenters. The van der Waals surface area contributed by atoms with Crippen LogP contribution in [0.4, 0.5) is 8.78 Å². The number of hydrogen-bond acceptors (Lipinski definition) is 4. The topological polar surface area (TPSA) is 72.5 Å². The molecule has 1 heterocycles. The summed E-state index contributed by atoms with van der Waals surface area (Å²) in [5, 5.41) is 9.11. The zero-order valence-corrected chi connectivity index (χ0v) is 7.91. The van der Waals surface area contributed by atoms with Crippen molar-refractivity contribution in [2.75, 3.05) is 0 Å². The minimum Gasteiger partial charge on any atom is -0.501 e. The first-order valence-electron chi connectivity index (χ1n) is 4.36. The number of halogens is 2. The molecule has 2 rings (SSSR count). The third-order valence-corrected chi connectivity index (χ3v) is 2.21. The quantitative estimate of drug-likeness (QED) is 0.758. The summed E-state index contributed by atoms with van der Waals surface area (Å²) in [7, 11) is 0. The molecule has 0 amide bonds. The lowest BCUT2D eigenvalue weighted by Crippen LogP contribution is -2.13. The number of rotatable bonds is 1. The zero-order valence-electron chi connectivity index (χ0n) is 7.91. The fourth-order valence-electron chi connectivity index (χ4n) is 1.43. The number of aliphatic hydroxyl groups excluding tert-OH is 1. The Morgan fingerprint density at radius 3 is 2.31 bits per heavy atom. The molecular weight excluding hydrogens is 220 g/mol. The van der Waals surface area contributed by atoms with E-state index >= 15 is 0 Å². The summed E-state index contributed by atoms with van der Waals surface area (Å²) >= 11 is 0. The fraction of sp³-hybridized carbons (Fsp3) is 0.100. The van der Waals surface area contributed by atoms with Gasteiger partial charge in [-0.1, -0.05) is 6.07 Å². The highest BCUT2D eigenvalue weighted by Gasteiger charge is 2.38. The largest absolute Gasteiger partial charge is 0.501 e. The molecule has 1 aliphatic heterocycles. The smallest absolute Gasteiger partial charge is 0.248 e. The van der Waals surface area contributed by atoms with Crippen LogP contribution < -0.4 is 5.73 Å². The summed E-state index contributed by atoms with van der Waals surface area (Å²) in [6.07, 6.45) is -1.55. The van der Waals surface area contributed by atoms with Gasteiger partial charge in [0.05, 0.1) is 5.56 Å². The standard InChI is InChI=1S/C10H7F2NO3/c11-4-2-1-3-5(12)6(4)9-7(14)8(15)10(13)16-9/h1-3,9,15H,13H2. The number of hydrogen-bond donors (Lipinski definition) is 2. The SMILES string of the molecule is NC1=C(O)C(=O)C(c2c(F)cccc2F)O1. The maximum absolute atomic E-state index is 13.3. The van der Waals surface area contributed by atoms with Crippen LogP contribution in [-0.2, 0) is 9.53 Å². The maximum atomic E-state index is 13.3. The van der Waals surface area contributed by atoms with Crippen molar-refractivity contribution in [3.8, 4) is 0 Å². The van der Waals surface area contributed by atoms with E-state index in [0.717, 1.165) is 18.2 Å². The van der Waals surface area contributed by atoms with E-state index in [4.69, 9.17) is 15.6 Å². The number of nitrogens with two attached hydrogens (primary N) is 1. The predicted molar refractivity (Wildman–Crippen MR) is 49.0 cm³/mol. The van der Waals surface area contributed by atoms with Crippen LogP contribution >= 0.6 is 0 Å². The van der Waals surface area contributed by atoms with E-state index in [1.165, 1.54) is 0 Å². The molecule has 0 fully saturated rings. The van der Waals surface area contributed by atoms with E-state index < -0.39 is 40.7 Å². The number of carbonyl (C=O) groups excluding carboxylic acids is 1. The van der Waals surface area contributed by atoms with Gasteiger partial charge in [-0.25, -0.2) is 8.78 Å². The van der Waals surface area contributed by atoms with Crippen LogP contribution in [0.25, 0.3) is 0 Å². The second-order valence-electron chi connectivity index (χ2n) is 3.21. The average molecular weight is 227 g/mol. The molecule has 16 heavy (non-hydrogen) atoms. The highest BCUT2D eigenvalue weighted by Crippen LogP contribution is 2.32. The number of benzene rings is 1. The molecule has 1 aliphatic rings. The normalized spacial score (nSPS) is 20.1. The van der Waals surface area contributed by atoms with Gasteiger partial charge in [0.2, 0.25) is 17.4 Å². The molecule has 1 aromatic rings.